The molecule has 3 aromatic rings. The third-order valence-electron chi connectivity index (χ3n) is 2.68. The van der Waals surface area contributed by atoms with Crippen molar-refractivity contribution in [1.82, 2.24) is 15.0 Å². The fourth-order valence-corrected chi connectivity index (χ4v) is 1.83. The molecule has 0 radical (unpaired) electrons. The molecule has 0 unspecified atom stereocenters. The van der Waals surface area contributed by atoms with Crippen molar-refractivity contribution in [3.05, 3.63) is 60.6 Å². The molecule has 5 nitrogen and oxygen atoms in total. The Kier molecular flexibility index (Phi) is 2.86. The SMILES string of the molecule is O=C(Nc1ncccn1)c1ccnc2ccccc12. The van der Waals surface area contributed by atoms with Gasteiger partial charge in [-0.3, -0.25) is 15.1 Å². The first kappa shape index (κ1) is 11.3. The zero-order chi connectivity index (χ0) is 13.1. The predicted molar refractivity (Wildman–Crippen MR) is 71.7 cm³/mol. The molecule has 0 aliphatic heterocycles. The van der Waals surface area contributed by atoms with Gasteiger partial charge in [0.2, 0.25) is 5.95 Å². The van der Waals surface area contributed by atoms with Crippen LogP contribution >= 0.6 is 0 Å². The maximum atomic E-state index is 12.2. The van der Waals surface area contributed by atoms with E-state index in [1.165, 1.54) is 0 Å². The summed E-state index contributed by atoms with van der Waals surface area (Å²) >= 11 is 0. The molecule has 2 aromatic heterocycles. The van der Waals surface area contributed by atoms with Crippen LogP contribution < -0.4 is 5.32 Å². The van der Waals surface area contributed by atoms with Gasteiger partial charge < -0.3 is 0 Å². The number of carbonyl (C=O) groups is 1. The van der Waals surface area contributed by atoms with E-state index in [1.807, 2.05) is 24.3 Å². The molecule has 3 rings (SSSR count). The minimum absolute atomic E-state index is 0.246. The lowest BCUT2D eigenvalue weighted by molar-refractivity contribution is 0.102. The first-order valence-electron chi connectivity index (χ1n) is 5.77. The van der Waals surface area contributed by atoms with Gasteiger partial charge in [-0.15, -0.1) is 0 Å². The number of nitrogens with one attached hydrogen (secondary N) is 1. The third-order valence-corrected chi connectivity index (χ3v) is 2.68. The molecule has 0 saturated carbocycles. The van der Waals surface area contributed by atoms with Gasteiger partial charge in [-0.2, -0.15) is 0 Å². The second-order valence-corrected chi connectivity index (χ2v) is 3.90. The van der Waals surface area contributed by atoms with E-state index in [4.69, 9.17) is 0 Å². The summed E-state index contributed by atoms with van der Waals surface area (Å²) in [6.45, 7) is 0. The monoisotopic (exact) mass is 250 g/mol. The molecule has 0 atom stereocenters. The summed E-state index contributed by atoms with van der Waals surface area (Å²) < 4.78 is 0. The number of anilines is 1. The van der Waals surface area contributed by atoms with Crippen LogP contribution in [0.5, 0.6) is 0 Å². The predicted octanol–water partition coefficient (Wildman–Crippen LogP) is 2.28. The Balaban J connectivity index is 1.98. The molecule has 1 N–H and O–H groups in total. The number of pyridine rings is 1. The number of hydrogen-bond donors (Lipinski definition) is 1. The number of para-hydroxylation sites is 1. The van der Waals surface area contributed by atoms with Crippen molar-refractivity contribution in [1.29, 1.82) is 0 Å². The maximum Gasteiger partial charge on any atom is 0.258 e. The molecule has 2 heterocycles. The zero-order valence-electron chi connectivity index (χ0n) is 9.95. The first-order chi connectivity index (χ1) is 9.34. The lowest BCUT2D eigenvalue weighted by Gasteiger charge is -2.05. The highest BCUT2D eigenvalue weighted by Crippen LogP contribution is 2.16. The molecule has 19 heavy (non-hydrogen) atoms. The molecule has 0 aliphatic rings. The number of amides is 1. The van der Waals surface area contributed by atoms with Gasteiger partial charge in [-0.05, 0) is 18.2 Å². The second kappa shape index (κ2) is 4.81. The van der Waals surface area contributed by atoms with Crippen LogP contribution in [0, 0.1) is 0 Å². The zero-order valence-corrected chi connectivity index (χ0v) is 9.95. The minimum Gasteiger partial charge on any atom is -0.290 e. The van der Waals surface area contributed by atoms with Gasteiger partial charge in [0.25, 0.3) is 5.91 Å². The van der Waals surface area contributed by atoms with E-state index in [-0.39, 0.29) is 11.9 Å². The quantitative estimate of drug-likeness (QED) is 0.757. The molecular weight excluding hydrogens is 240 g/mol. The Morgan fingerprint density at radius 1 is 0.895 bits per heavy atom. The highest BCUT2D eigenvalue weighted by atomic mass is 16.1. The number of nitrogens with zero attached hydrogens (tertiary/aromatic N) is 3. The highest BCUT2D eigenvalue weighted by Gasteiger charge is 2.11. The summed E-state index contributed by atoms with van der Waals surface area (Å²) in [5, 5.41) is 3.47. The molecule has 0 fully saturated rings. The molecule has 1 aromatic carbocycles. The highest BCUT2D eigenvalue weighted by molar-refractivity contribution is 6.11. The number of aromatic nitrogens is 3. The number of benzene rings is 1. The van der Waals surface area contributed by atoms with E-state index in [2.05, 4.69) is 20.3 Å². The van der Waals surface area contributed by atoms with Crippen molar-refractivity contribution in [3.8, 4) is 0 Å². The van der Waals surface area contributed by atoms with E-state index in [1.54, 1.807) is 30.7 Å². The Morgan fingerprint density at radius 2 is 1.68 bits per heavy atom. The Bertz CT molecular complexity index is 722. The van der Waals surface area contributed by atoms with Crippen molar-refractivity contribution in [2.45, 2.75) is 0 Å². The van der Waals surface area contributed by atoms with Crippen LogP contribution in [0.25, 0.3) is 10.9 Å². The number of rotatable bonds is 2. The standard InChI is InChI=1S/C14H10N4O/c19-13(18-14-16-7-3-8-17-14)11-6-9-15-12-5-2-1-4-10(11)12/h1-9H,(H,16,17,18,19). The van der Waals surface area contributed by atoms with Crippen molar-refractivity contribution >= 4 is 22.8 Å². The van der Waals surface area contributed by atoms with Gasteiger partial charge in [-0.1, -0.05) is 18.2 Å². The van der Waals surface area contributed by atoms with Gasteiger partial charge in [0.05, 0.1) is 11.1 Å². The van der Waals surface area contributed by atoms with E-state index in [0.29, 0.717) is 5.56 Å². The van der Waals surface area contributed by atoms with E-state index >= 15 is 0 Å². The van der Waals surface area contributed by atoms with Crippen LogP contribution in [-0.4, -0.2) is 20.9 Å². The molecule has 0 saturated heterocycles. The van der Waals surface area contributed by atoms with Crippen LogP contribution in [0.3, 0.4) is 0 Å². The fourth-order valence-electron chi connectivity index (χ4n) is 1.83. The van der Waals surface area contributed by atoms with E-state index in [9.17, 15) is 4.79 Å². The summed E-state index contributed by atoms with van der Waals surface area (Å²) in [4.78, 5) is 24.4. The Hall–Kier alpha value is -2.82. The molecule has 0 aliphatic carbocycles. The molecule has 1 amide bonds. The summed E-state index contributed by atoms with van der Waals surface area (Å²) in [6, 6.07) is 10.9. The average Bonchev–Trinajstić information content (AvgIpc) is 2.47. The summed E-state index contributed by atoms with van der Waals surface area (Å²) in [7, 11) is 0. The van der Waals surface area contributed by atoms with Gasteiger partial charge >= 0.3 is 0 Å². The van der Waals surface area contributed by atoms with Crippen molar-refractivity contribution in [3.63, 3.8) is 0 Å². The minimum atomic E-state index is -0.246. The van der Waals surface area contributed by atoms with Crippen molar-refractivity contribution in [2.24, 2.45) is 0 Å². The normalized spacial score (nSPS) is 10.3. The molecule has 0 bridgehead atoms. The number of fused-ring (bicyclic) bond motifs is 1. The van der Waals surface area contributed by atoms with Gasteiger partial charge in [-0.25, -0.2) is 9.97 Å². The van der Waals surface area contributed by atoms with Gasteiger partial charge in [0.1, 0.15) is 0 Å². The number of hydrogen-bond acceptors (Lipinski definition) is 4. The van der Waals surface area contributed by atoms with Crippen LogP contribution in [-0.2, 0) is 0 Å². The first-order valence-corrected chi connectivity index (χ1v) is 5.77. The van der Waals surface area contributed by atoms with Crippen molar-refractivity contribution in [2.75, 3.05) is 5.32 Å². The second-order valence-electron chi connectivity index (χ2n) is 3.90. The van der Waals surface area contributed by atoms with E-state index < -0.39 is 0 Å². The summed E-state index contributed by atoms with van der Waals surface area (Å²) in [5.41, 5.74) is 1.34. The van der Waals surface area contributed by atoms with Crippen LogP contribution in [0.1, 0.15) is 10.4 Å². The van der Waals surface area contributed by atoms with Crippen LogP contribution in [0.2, 0.25) is 0 Å². The fraction of sp³-hybridized carbons (Fsp3) is 0. The Morgan fingerprint density at radius 3 is 2.53 bits per heavy atom. The lowest BCUT2D eigenvalue weighted by atomic mass is 10.1. The van der Waals surface area contributed by atoms with E-state index in [0.717, 1.165) is 10.9 Å². The average molecular weight is 250 g/mol. The lowest BCUT2D eigenvalue weighted by Crippen LogP contribution is -2.14. The van der Waals surface area contributed by atoms with Gasteiger partial charge in [0.15, 0.2) is 0 Å². The smallest absolute Gasteiger partial charge is 0.258 e. The summed E-state index contributed by atoms with van der Waals surface area (Å²) in [5.74, 6) is 0.0400. The number of carbonyl (C=O) groups excluding carboxylic acids is 1. The molecule has 92 valence electrons. The Labute approximate surface area is 109 Å². The third kappa shape index (κ3) is 2.26. The van der Waals surface area contributed by atoms with Crippen molar-refractivity contribution < 1.29 is 4.79 Å². The van der Waals surface area contributed by atoms with Gasteiger partial charge in [0, 0.05) is 24.0 Å². The molecular formula is C14H10N4O. The molecule has 0 spiro atoms. The summed E-state index contributed by atoms with van der Waals surface area (Å²) in [6.07, 6.45) is 4.77. The molecule has 5 heteroatoms. The maximum absolute atomic E-state index is 12.2. The largest absolute Gasteiger partial charge is 0.290 e. The van der Waals surface area contributed by atoms with Crippen LogP contribution in [0.15, 0.2) is 55.0 Å². The van der Waals surface area contributed by atoms with Crippen LogP contribution in [0.4, 0.5) is 5.95 Å². The topological polar surface area (TPSA) is 67.8 Å².